The van der Waals surface area contributed by atoms with Gasteiger partial charge in [-0.1, -0.05) is 0 Å². The Morgan fingerprint density at radius 2 is 1.74 bits per heavy atom. The Morgan fingerprint density at radius 3 is 2.26 bits per heavy atom. The zero-order chi connectivity index (χ0) is 17.4. The molecule has 0 saturated heterocycles. The molecule has 11 heteroatoms. The molecule has 0 radical (unpaired) electrons. The summed E-state index contributed by atoms with van der Waals surface area (Å²) in [6.07, 6.45) is 0.433. The van der Waals surface area contributed by atoms with Crippen LogP contribution in [0.2, 0.25) is 0 Å². The van der Waals surface area contributed by atoms with Gasteiger partial charge in [0.15, 0.2) is 11.6 Å². The summed E-state index contributed by atoms with van der Waals surface area (Å²) >= 11 is 0. The van der Waals surface area contributed by atoms with E-state index in [0.29, 0.717) is 25.0 Å². The third-order valence-electron chi connectivity index (χ3n) is 3.14. The maximum Gasteiger partial charge on any atom is 0.534 e. The van der Waals surface area contributed by atoms with Crippen molar-refractivity contribution in [1.82, 2.24) is 0 Å². The van der Waals surface area contributed by atoms with Gasteiger partial charge in [0.25, 0.3) is 0 Å². The molecule has 1 aromatic carbocycles. The van der Waals surface area contributed by atoms with E-state index in [1.165, 1.54) is 7.11 Å². The Morgan fingerprint density at radius 1 is 1.13 bits per heavy atom. The Labute approximate surface area is 128 Å². The molecule has 0 spiro atoms. The molecule has 1 fully saturated rings. The lowest BCUT2D eigenvalue weighted by atomic mass is 9.92. The summed E-state index contributed by atoms with van der Waals surface area (Å²) in [4.78, 5) is 0. The van der Waals surface area contributed by atoms with Crippen molar-refractivity contribution in [2.24, 2.45) is 0 Å². The topological polar surface area (TPSA) is 61.8 Å². The second-order valence-electron chi connectivity index (χ2n) is 4.77. The van der Waals surface area contributed by atoms with Gasteiger partial charge in [-0.2, -0.15) is 26.0 Å². The zero-order valence-electron chi connectivity index (χ0n) is 11.6. The largest absolute Gasteiger partial charge is 0.534 e. The molecule has 23 heavy (non-hydrogen) atoms. The maximum atomic E-state index is 13.4. The molecule has 5 nitrogen and oxygen atoms in total. The van der Waals surface area contributed by atoms with Crippen molar-refractivity contribution >= 4 is 10.1 Å². The highest BCUT2D eigenvalue weighted by molar-refractivity contribution is 7.88. The van der Waals surface area contributed by atoms with Crippen molar-refractivity contribution in [2.75, 3.05) is 7.11 Å². The van der Waals surface area contributed by atoms with Crippen molar-refractivity contribution in [2.45, 2.75) is 30.6 Å². The predicted octanol–water partition coefficient (Wildman–Crippen LogP) is 2.75. The summed E-state index contributed by atoms with van der Waals surface area (Å²) < 4.78 is 99.1. The first-order valence-corrected chi connectivity index (χ1v) is 7.63. The molecule has 0 unspecified atom stereocenters. The van der Waals surface area contributed by atoms with Crippen LogP contribution in [0, 0.1) is 11.6 Å². The highest BCUT2D eigenvalue weighted by Crippen LogP contribution is 2.34. The molecule has 0 atom stereocenters. The smallest absolute Gasteiger partial charge is 0.490 e. The number of halogens is 5. The highest BCUT2D eigenvalue weighted by atomic mass is 32.2. The summed E-state index contributed by atoms with van der Waals surface area (Å²) in [6, 6.07) is 1.13. The van der Waals surface area contributed by atoms with Crippen LogP contribution in [0.5, 0.6) is 11.5 Å². The van der Waals surface area contributed by atoms with E-state index in [2.05, 4.69) is 4.18 Å². The molecule has 0 aromatic heterocycles. The molecule has 1 saturated carbocycles. The number of rotatable bonds is 5. The molecule has 1 aliphatic carbocycles. The number of methoxy groups -OCH3 is 1. The Hall–Kier alpha value is -1.62. The molecule has 1 aliphatic rings. The van der Waals surface area contributed by atoms with Gasteiger partial charge >= 0.3 is 15.6 Å². The lowest BCUT2D eigenvalue weighted by Gasteiger charge is -2.34. The molecule has 0 bridgehead atoms. The fourth-order valence-electron chi connectivity index (χ4n) is 1.83. The summed E-state index contributed by atoms with van der Waals surface area (Å²) in [5.74, 6) is -5.25. The normalized spacial score (nSPS) is 21.7. The van der Waals surface area contributed by atoms with Crippen molar-refractivity contribution in [3.8, 4) is 11.5 Å². The van der Waals surface area contributed by atoms with Crippen LogP contribution < -0.4 is 8.92 Å². The minimum absolute atomic E-state index is 0.0633. The van der Waals surface area contributed by atoms with E-state index in [-0.39, 0.29) is 11.9 Å². The van der Waals surface area contributed by atoms with Crippen LogP contribution in [0.4, 0.5) is 22.0 Å². The van der Waals surface area contributed by atoms with Gasteiger partial charge in [0.1, 0.15) is 11.9 Å². The first-order chi connectivity index (χ1) is 10.5. The van der Waals surface area contributed by atoms with Crippen LogP contribution in [0.1, 0.15) is 12.8 Å². The van der Waals surface area contributed by atoms with E-state index < -0.39 is 39.1 Å². The average Bonchev–Trinajstić information content (AvgIpc) is 2.37. The van der Waals surface area contributed by atoms with Crippen LogP contribution in [-0.2, 0) is 14.9 Å². The van der Waals surface area contributed by atoms with Gasteiger partial charge in [-0.05, 0) is 0 Å². The van der Waals surface area contributed by atoms with Gasteiger partial charge in [0, 0.05) is 32.1 Å². The van der Waals surface area contributed by atoms with Crippen LogP contribution in [0.25, 0.3) is 0 Å². The van der Waals surface area contributed by atoms with Crippen molar-refractivity contribution in [3.63, 3.8) is 0 Å². The van der Waals surface area contributed by atoms with Crippen LogP contribution in [0.15, 0.2) is 12.1 Å². The first-order valence-electron chi connectivity index (χ1n) is 6.22. The molecule has 0 heterocycles. The summed E-state index contributed by atoms with van der Waals surface area (Å²) in [5.41, 5.74) is -5.77. The minimum Gasteiger partial charge on any atom is -0.490 e. The van der Waals surface area contributed by atoms with Gasteiger partial charge in [0.2, 0.25) is 5.82 Å². The molecule has 130 valence electrons. The van der Waals surface area contributed by atoms with Gasteiger partial charge in [-0.15, -0.1) is 0 Å². The number of benzene rings is 1. The minimum atomic E-state index is -6.12. The quantitative estimate of drug-likeness (QED) is 0.458. The van der Waals surface area contributed by atoms with Crippen LogP contribution in [-0.4, -0.2) is 33.2 Å². The molecule has 1 aromatic rings. The van der Waals surface area contributed by atoms with E-state index in [0.717, 1.165) is 0 Å². The van der Waals surface area contributed by atoms with Crippen molar-refractivity contribution in [1.29, 1.82) is 0 Å². The Kier molecular flexibility index (Phi) is 4.71. The fourth-order valence-corrected chi connectivity index (χ4v) is 2.28. The summed E-state index contributed by atoms with van der Waals surface area (Å²) in [5, 5.41) is 0. The van der Waals surface area contributed by atoms with Gasteiger partial charge in [-0.25, -0.2) is 4.39 Å². The number of hydrogen-bond acceptors (Lipinski definition) is 5. The third kappa shape index (κ3) is 3.83. The molecular weight excluding hydrogens is 351 g/mol. The van der Waals surface area contributed by atoms with Crippen LogP contribution in [0.3, 0.4) is 0 Å². The number of alkyl halides is 3. The molecular formula is C12H11F5O5S. The second-order valence-corrected chi connectivity index (χ2v) is 6.31. The van der Waals surface area contributed by atoms with E-state index in [1.54, 1.807) is 0 Å². The van der Waals surface area contributed by atoms with Crippen molar-refractivity contribution in [3.05, 3.63) is 23.8 Å². The van der Waals surface area contributed by atoms with E-state index in [1.807, 2.05) is 0 Å². The maximum absolute atomic E-state index is 13.4. The first kappa shape index (κ1) is 17.7. The molecule has 0 aliphatic heterocycles. The lowest BCUT2D eigenvalue weighted by Crippen LogP contribution is -2.38. The molecule has 0 N–H and O–H groups in total. The van der Waals surface area contributed by atoms with Gasteiger partial charge in [-0.3, -0.25) is 0 Å². The monoisotopic (exact) mass is 362 g/mol. The highest BCUT2D eigenvalue weighted by Gasteiger charge is 2.49. The second kappa shape index (κ2) is 6.11. The molecule has 0 amide bonds. The standard InChI is InChI=1S/C12H11F5O5S/c1-20-6-2-7(3-6)21-8-4-9(13)11(14)10(5-8)22-23(18,19)12(15,16)17/h4-7H,2-3H2,1H3/t6-,7-. The van der Waals surface area contributed by atoms with Crippen LogP contribution >= 0.6 is 0 Å². The zero-order valence-corrected chi connectivity index (χ0v) is 12.4. The van der Waals surface area contributed by atoms with E-state index >= 15 is 0 Å². The van der Waals surface area contributed by atoms with E-state index in [4.69, 9.17) is 9.47 Å². The van der Waals surface area contributed by atoms with Crippen molar-refractivity contribution < 1.29 is 44.0 Å². The summed E-state index contributed by atoms with van der Waals surface area (Å²) in [7, 11) is -4.64. The molecule has 2 rings (SSSR count). The SMILES string of the molecule is CO[C@H]1C[C@H](Oc2cc(F)c(F)c(OS(=O)(=O)C(F)(F)F)c2)C1. The third-order valence-corrected chi connectivity index (χ3v) is 4.10. The van der Waals surface area contributed by atoms with Gasteiger partial charge in [0.05, 0.1) is 6.10 Å². The number of ether oxygens (including phenoxy) is 2. The average molecular weight is 362 g/mol. The summed E-state index contributed by atoms with van der Waals surface area (Å²) in [6.45, 7) is 0. The Bertz CT molecular complexity index is 682. The Balaban J connectivity index is 2.20. The predicted molar refractivity (Wildman–Crippen MR) is 66.4 cm³/mol. The van der Waals surface area contributed by atoms with E-state index in [9.17, 15) is 30.4 Å². The fraction of sp³-hybridized carbons (Fsp3) is 0.500. The number of hydrogen-bond donors (Lipinski definition) is 0. The van der Waals surface area contributed by atoms with Gasteiger partial charge < -0.3 is 13.7 Å². The lowest BCUT2D eigenvalue weighted by molar-refractivity contribution is -0.0502.